The zero-order valence-corrected chi connectivity index (χ0v) is 18.7. The number of hydrogen-bond acceptors (Lipinski definition) is 5. The molecule has 0 spiro atoms. The van der Waals surface area contributed by atoms with Gasteiger partial charge >= 0.3 is 6.03 Å². The molecule has 1 aliphatic heterocycles. The topological polar surface area (TPSA) is 87.2 Å². The van der Waals surface area contributed by atoms with Gasteiger partial charge in [0.15, 0.2) is 0 Å². The Balaban J connectivity index is 1.38. The summed E-state index contributed by atoms with van der Waals surface area (Å²) in [5.74, 6) is -0.656. The zero-order valence-electron chi connectivity index (χ0n) is 17.9. The molecule has 1 aliphatic rings. The van der Waals surface area contributed by atoms with Crippen LogP contribution in [0.2, 0.25) is 0 Å². The van der Waals surface area contributed by atoms with E-state index in [0.29, 0.717) is 30.0 Å². The quantitative estimate of drug-likeness (QED) is 0.585. The Kier molecular flexibility index (Phi) is 6.45. The Bertz CT molecular complexity index is 1130. The van der Waals surface area contributed by atoms with E-state index in [-0.39, 0.29) is 28.7 Å². The molecule has 4 rings (SSSR count). The molecule has 3 amide bonds. The molecule has 2 N–H and O–H groups in total. The maximum absolute atomic E-state index is 13.8. The molecule has 1 aromatic heterocycles. The van der Waals surface area contributed by atoms with Gasteiger partial charge in [-0.05, 0) is 56.5 Å². The molecule has 0 bridgehead atoms. The minimum absolute atomic E-state index is 0.00248. The Morgan fingerprint density at radius 3 is 2.56 bits per heavy atom. The minimum atomic E-state index is -0.357. The molecule has 166 valence electrons. The van der Waals surface area contributed by atoms with Crippen LogP contribution in [0.1, 0.15) is 44.7 Å². The van der Waals surface area contributed by atoms with Gasteiger partial charge in [-0.25, -0.2) is 9.18 Å². The summed E-state index contributed by atoms with van der Waals surface area (Å²) in [4.78, 5) is 26.9. The number of nitrogens with one attached hydrogen (secondary N) is 2. The van der Waals surface area contributed by atoms with Crippen molar-refractivity contribution in [1.29, 1.82) is 0 Å². The third-order valence-electron chi connectivity index (χ3n) is 5.43. The second-order valence-electron chi connectivity index (χ2n) is 7.94. The normalized spacial score (nSPS) is 16.0. The third-order valence-corrected chi connectivity index (χ3v) is 6.51. The molecule has 3 aromatic rings. The summed E-state index contributed by atoms with van der Waals surface area (Å²) >= 11 is 1.25. The van der Waals surface area contributed by atoms with Crippen molar-refractivity contribution in [3.8, 4) is 0 Å². The van der Waals surface area contributed by atoms with E-state index >= 15 is 0 Å². The molecule has 2 aromatic carbocycles. The van der Waals surface area contributed by atoms with E-state index in [0.717, 1.165) is 23.4 Å². The third kappa shape index (κ3) is 5.11. The smallest absolute Gasteiger partial charge is 0.321 e. The van der Waals surface area contributed by atoms with Crippen LogP contribution in [0.15, 0.2) is 42.5 Å². The first kappa shape index (κ1) is 21.9. The number of carbonyl (C=O) groups excluding carboxylic acids is 2. The second-order valence-corrected chi connectivity index (χ2v) is 8.95. The summed E-state index contributed by atoms with van der Waals surface area (Å²) in [6.45, 7) is 4.73. The van der Waals surface area contributed by atoms with Crippen molar-refractivity contribution in [3.05, 3.63) is 69.4 Å². The van der Waals surface area contributed by atoms with Gasteiger partial charge in [0.05, 0.1) is 0 Å². The molecular formula is C23H24FN5O2S. The van der Waals surface area contributed by atoms with Gasteiger partial charge in [-0.15, -0.1) is 10.2 Å². The highest BCUT2D eigenvalue weighted by molar-refractivity contribution is 7.13. The fourth-order valence-corrected chi connectivity index (χ4v) is 4.41. The van der Waals surface area contributed by atoms with Gasteiger partial charge in [0.2, 0.25) is 5.01 Å². The van der Waals surface area contributed by atoms with Gasteiger partial charge in [0.1, 0.15) is 10.8 Å². The zero-order chi connectivity index (χ0) is 22.7. The maximum atomic E-state index is 13.8. The SMILES string of the molecule is Cc1ccc(NC(=O)c2nnc([C@H]3CCCN(C(=O)Nc4ccc(C)c(F)c4)C3)s2)cc1. The number of likely N-dealkylation sites (tertiary alicyclic amines) is 1. The highest BCUT2D eigenvalue weighted by atomic mass is 32.1. The van der Waals surface area contributed by atoms with Crippen LogP contribution in [0.5, 0.6) is 0 Å². The Hall–Kier alpha value is -3.33. The predicted octanol–water partition coefficient (Wildman–Crippen LogP) is 4.96. The summed E-state index contributed by atoms with van der Waals surface area (Å²) in [5, 5.41) is 14.9. The van der Waals surface area contributed by atoms with Crippen molar-refractivity contribution in [3.63, 3.8) is 0 Å². The summed E-state index contributed by atoms with van der Waals surface area (Å²) in [7, 11) is 0. The number of benzene rings is 2. The van der Waals surface area contributed by atoms with Crippen molar-refractivity contribution in [2.24, 2.45) is 0 Å². The van der Waals surface area contributed by atoms with E-state index in [4.69, 9.17) is 0 Å². The Morgan fingerprint density at radius 1 is 1.06 bits per heavy atom. The van der Waals surface area contributed by atoms with Crippen molar-refractivity contribution >= 4 is 34.6 Å². The molecule has 0 saturated carbocycles. The van der Waals surface area contributed by atoms with Gasteiger partial charge in [0, 0.05) is 30.4 Å². The van der Waals surface area contributed by atoms with Gasteiger partial charge in [-0.2, -0.15) is 0 Å². The average molecular weight is 454 g/mol. The highest BCUT2D eigenvalue weighted by Gasteiger charge is 2.28. The number of carbonyl (C=O) groups is 2. The van der Waals surface area contributed by atoms with Crippen LogP contribution >= 0.6 is 11.3 Å². The number of piperidine rings is 1. The van der Waals surface area contributed by atoms with Gasteiger partial charge in [0.25, 0.3) is 5.91 Å². The lowest BCUT2D eigenvalue weighted by Gasteiger charge is -2.31. The fraction of sp³-hybridized carbons (Fsp3) is 0.304. The number of hydrogen-bond donors (Lipinski definition) is 2. The minimum Gasteiger partial charge on any atom is -0.324 e. The lowest BCUT2D eigenvalue weighted by Crippen LogP contribution is -2.41. The van der Waals surface area contributed by atoms with Crippen LogP contribution in [-0.4, -0.2) is 40.1 Å². The first-order valence-electron chi connectivity index (χ1n) is 10.4. The number of aromatic nitrogens is 2. The van der Waals surface area contributed by atoms with Crippen molar-refractivity contribution in [2.45, 2.75) is 32.6 Å². The molecule has 1 saturated heterocycles. The van der Waals surface area contributed by atoms with E-state index in [1.165, 1.54) is 17.4 Å². The lowest BCUT2D eigenvalue weighted by atomic mass is 9.99. The summed E-state index contributed by atoms with van der Waals surface area (Å²) in [5.41, 5.74) is 2.76. The average Bonchev–Trinajstić information content (AvgIpc) is 3.28. The van der Waals surface area contributed by atoms with E-state index in [1.807, 2.05) is 31.2 Å². The molecule has 7 nitrogen and oxygen atoms in total. The first-order chi connectivity index (χ1) is 15.4. The van der Waals surface area contributed by atoms with Gasteiger partial charge in [-0.3, -0.25) is 4.79 Å². The monoisotopic (exact) mass is 453 g/mol. The molecule has 32 heavy (non-hydrogen) atoms. The van der Waals surface area contributed by atoms with Crippen LogP contribution < -0.4 is 10.6 Å². The maximum Gasteiger partial charge on any atom is 0.321 e. The van der Waals surface area contributed by atoms with E-state index in [2.05, 4.69) is 20.8 Å². The Labute approximate surface area is 189 Å². The van der Waals surface area contributed by atoms with Crippen LogP contribution in [-0.2, 0) is 0 Å². The van der Waals surface area contributed by atoms with Crippen LogP contribution in [0.4, 0.5) is 20.6 Å². The number of aryl methyl sites for hydroxylation is 2. The van der Waals surface area contributed by atoms with Crippen LogP contribution in [0.3, 0.4) is 0 Å². The number of rotatable bonds is 4. The highest BCUT2D eigenvalue weighted by Crippen LogP contribution is 2.30. The number of halogens is 1. The molecule has 1 atom stereocenters. The summed E-state index contributed by atoms with van der Waals surface area (Å²) in [6.07, 6.45) is 1.67. The number of amides is 3. The van der Waals surface area contributed by atoms with Gasteiger partial charge < -0.3 is 15.5 Å². The lowest BCUT2D eigenvalue weighted by molar-refractivity contribution is 0.102. The summed E-state index contributed by atoms with van der Waals surface area (Å²) < 4.78 is 13.8. The molecule has 1 fully saturated rings. The van der Waals surface area contributed by atoms with Gasteiger partial charge in [-0.1, -0.05) is 35.1 Å². The van der Waals surface area contributed by atoms with E-state index < -0.39 is 0 Å². The van der Waals surface area contributed by atoms with Crippen molar-refractivity contribution < 1.29 is 14.0 Å². The number of urea groups is 1. The predicted molar refractivity (Wildman–Crippen MR) is 123 cm³/mol. The van der Waals surface area contributed by atoms with Crippen molar-refractivity contribution in [2.75, 3.05) is 23.7 Å². The summed E-state index contributed by atoms with van der Waals surface area (Å²) in [6, 6.07) is 11.9. The number of anilines is 2. The largest absolute Gasteiger partial charge is 0.324 e. The second kappa shape index (κ2) is 9.44. The van der Waals surface area contributed by atoms with E-state index in [1.54, 1.807) is 24.0 Å². The molecule has 0 radical (unpaired) electrons. The standard InChI is InChI=1S/C23H24FN5O2S/c1-14-5-8-17(9-6-14)25-20(30)22-28-27-21(32-22)16-4-3-11-29(13-16)23(31)26-18-10-7-15(2)19(24)12-18/h5-10,12,16H,3-4,11,13H2,1-2H3,(H,25,30)(H,26,31)/t16-/m0/s1. The molecular weight excluding hydrogens is 429 g/mol. The van der Waals surface area contributed by atoms with Crippen LogP contribution in [0, 0.1) is 19.7 Å². The van der Waals surface area contributed by atoms with Crippen LogP contribution in [0.25, 0.3) is 0 Å². The Morgan fingerprint density at radius 2 is 1.81 bits per heavy atom. The van der Waals surface area contributed by atoms with E-state index in [9.17, 15) is 14.0 Å². The molecule has 9 heteroatoms. The number of nitrogens with zero attached hydrogens (tertiary/aromatic N) is 3. The fourth-order valence-electron chi connectivity index (χ4n) is 3.55. The van der Waals surface area contributed by atoms with Crippen molar-refractivity contribution in [1.82, 2.24) is 15.1 Å². The first-order valence-corrected chi connectivity index (χ1v) is 11.2. The molecule has 0 aliphatic carbocycles. The molecule has 0 unspecified atom stereocenters. The molecule has 2 heterocycles.